The third-order valence-electron chi connectivity index (χ3n) is 4.94. The summed E-state index contributed by atoms with van der Waals surface area (Å²) in [6.45, 7) is 3.11. The van der Waals surface area contributed by atoms with Crippen LogP contribution in [0.25, 0.3) is 0 Å². The van der Waals surface area contributed by atoms with Crippen LogP contribution in [-0.4, -0.2) is 43.5 Å². The molecule has 21 heavy (non-hydrogen) atoms. The minimum atomic E-state index is -0.337. The minimum absolute atomic E-state index is 0.0626. The molecule has 2 fully saturated rings. The molecule has 1 aromatic rings. The second-order valence-electron chi connectivity index (χ2n) is 6.26. The van der Waals surface area contributed by atoms with Crippen molar-refractivity contribution in [2.24, 2.45) is 11.7 Å². The van der Waals surface area contributed by atoms with E-state index in [4.69, 9.17) is 11.1 Å². The van der Waals surface area contributed by atoms with Gasteiger partial charge in [0.15, 0.2) is 0 Å². The molecule has 0 radical (unpaired) electrons. The number of rotatable bonds is 2. The number of hydrogen-bond acceptors (Lipinski definition) is 3. The van der Waals surface area contributed by atoms with Crippen LogP contribution in [0.15, 0.2) is 18.2 Å². The Morgan fingerprint density at radius 3 is 2.90 bits per heavy atom. The van der Waals surface area contributed by atoms with Crippen LogP contribution in [0.1, 0.15) is 24.8 Å². The molecule has 0 bridgehead atoms. The van der Waals surface area contributed by atoms with Crippen LogP contribution in [0, 0.1) is 17.1 Å². The van der Waals surface area contributed by atoms with E-state index < -0.39 is 0 Å². The fourth-order valence-electron chi connectivity index (χ4n) is 3.87. The standard InChI is InChI=1S/C16H23FN4/c1-20-7-2-3-11-10-21(8-6-14(11)20)15-5-4-12(17)9-13(15)16(18)19/h4-5,9,11,14H,2-3,6-8,10H2,1H3,(H3,18,19). The maximum absolute atomic E-state index is 13.4. The normalized spacial score (nSPS) is 26.5. The van der Waals surface area contributed by atoms with Gasteiger partial charge in [0.1, 0.15) is 11.7 Å². The molecule has 2 saturated heterocycles. The Morgan fingerprint density at radius 1 is 1.33 bits per heavy atom. The highest BCUT2D eigenvalue weighted by molar-refractivity contribution is 6.00. The van der Waals surface area contributed by atoms with Crippen molar-refractivity contribution in [3.8, 4) is 0 Å². The molecule has 4 nitrogen and oxygen atoms in total. The van der Waals surface area contributed by atoms with Crippen LogP contribution < -0.4 is 10.6 Å². The van der Waals surface area contributed by atoms with Gasteiger partial charge in [-0.15, -0.1) is 0 Å². The summed E-state index contributed by atoms with van der Waals surface area (Å²) in [4.78, 5) is 4.75. The highest BCUT2D eigenvalue weighted by Gasteiger charge is 2.34. The van der Waals surface area contributed by atoms with Crippen molar-refractivity contribution >= 4 is 11.5 Å². The average Bonchev–Trinajstić information content (AvgIpc) is 2.47. The monoisotopic (exact) mass is 290 g/mol. The fourth-order valence-corrected chi connectivity index (χ4v) is 3.87. The van der Waals surface area contributed by atoms with Gasteiger partial charge in [-0.2, -0.15) is 0 Å². The van der Waals surface area contributed by atoms with Gasteiger partial charge in [0.2, 0.25) is 0 Å². The number of nitrogens with two attached hydrogens (primary N) is 1. The average molecular weight is 290 g/mol. The zero-order chi connectivity index (χ0) is 15.0. The summed E-state index contributed by atoms with van der Waals surface area (Å²) in [5, 5.41) is 7.68. The fraction of sp³-hybridized carbons (Fsp3) is 0.562. The first kappa shape index (κ1) is 14.3. The number of nitrogens with one attached hydrogen (secondary N) is 1. The number of benzene rings is 1. The Kier molecular flexibility index (Phi) is 3.85. The van der Waals surface area contributed by atoms with Gasteiger partial charge in [-0.25, -0.2) is 4.39 Å². The quantitative estimate of drug-likeness (QED) is 0.647. The third kappa shape index (κ3) is 2.75. The first-order valence-corrected chi connectivity index (χ1v) is 7.65. The van der Waals surface area contributed by atoms with Crippen molar-refractivity contribution in [1.82, 2.24) is 4.90 Å². The van der Waals surface area contributed by atoms with Crippen LogP contribution in [0.2, 0.25) is 0 Å². The number of amidine groups is 1. The molecule has 0 amide bonds. The highest BCUT2D eigenvalue weighted by atomic mass is 19.1. The Labute approximate surface area is 125 Å². The molecule has 0 saturated carbocycles. The molecule has 5 heteroatoms. The number of nitrogens with zero attached hydrogens (tertiary/aromatic N) is 2. The number of likely N-dealkylation sites (tertiary alicyclic amines) is 1. The Morgan fingerprint density at radius 2 is 2.14 bits per heavy atom. The lowest BCUT2D eigenvalue weighted by molar-refractivity contribution is 0.102. The molecular formula is C16H23FN4. The Balaban J connectivity index is 1.84. The number of fused-ring (bicyclic) bond motifs is 1. The lowest BCUT2D eigenvalue weighted by Gasteiger charge is -2.47. The maximum atomic E-state index is 13.4. The molecule has 3 rings (SSSR count). The SMILES string of the molecule is CN1CCCC2CN(c3ccc(F)cc3C(=N)N)CCC21. The molecule has 1 aromatic carbocycles. The second-order valence-corrected chi connectivity index (χ2v) is 6.26. The number of nitrogen functional groups attached to an aromatic ring is 1. The van der Waals surface area contributed by atoms with Crippen molar-refractivity contribution in [2.45, 2.75) is 25.3 Å². The van der Waals surface area contributed by atoms with Crippen molar-refractivity contribution < 1.29 is 4.39 Å². The summed E-state index contributed by atoms with van der Waals surface area (Å²) in [6.07, 6.45) is 3.62. The molecule has 0 spiro atoms. The third-order valence-corrected chi connectivity index (χ3v) is 4.94. The molecule has 114 valence electrons. The summed E-state index contributed by atoms with van der Waals surface area (Å²) >= 11 is 0. The van der Waals surface area contributed by atoms with Gasteiger partial charge in [-0.3, -0.25) is 5.41 Å². The van der Waals surface area contributed by atoms with E-state index in [2.05, 4.69) is 16.8 Å². The minimum Gasteiger partial charge on any atom is -0.384 e. The topological polar surface area (TPSA) is 56.4 Å². The zero-order valence-corrected chi connectivity index (χ0v) is 12.5. The summed E-state index contributed by atoms with van der Waals surface area (Å²) < 4.78 is 13.4. The lowest BCUT2D eigenvalue weighted by Crippen LogP contribution is -2.53. The molecular weight excluding hydrogens is 267 g/mol. The van der Waals surface area contributed by atoms with Crippen molar-refractivity contribution in [2.75, 3.05) is 31.6 Å². The number of piperidine rings is 2. The van der Waals surface area contributed by atoms with Gasteiger partial charge in [0.25, 0.3) is 0 Å². The molecule has 0 aromatic heterocycles. The molecule has 2 heterocycles. The van der Waals surface area contributed by atoms with E-state index in [9.17, 15) is 4.39 Å². The summed E-state index contributed by atoms with van der Waals surface area (Å²) in [7, 11) is 2.21. The zero-order valence-electron chi connectivity index (χ0n) is 12.5. The van der Waals surface area contributed by atoms with Crippen molar-refractivity contribution in [3.05, 3.63) is 29.6 Å². The van der Waals surface area contributed by atoms with Crippen LogP contribution in [0.5, 0.6) is 0 Å². The van der Waals surface area contributed by atoms with Crippen molar-refractivity contribution in [3.63, 3.8) is 0 Å². The molecule has 2 aliphatic rings. The Bertz CT molecular complexity index is 545. The molecule has 3 N–H and O–H groups in total. The molecule has 2 atom stereocenters. The van der Waals surface area contributed by atoms with Gasteiger partial charge in [0.05, 0.1) is 0 Å². The summed E-state index contributed by atoms with van der Waals surface area (Å²) in [5.74, 6) is 0.256. The van der Waals surface area contributed by atoms with Crippen molar-refractivity contribution in [1.29, 1.82) is 5.41 Å². The van der Waals surface area contributed by atoms with Crippen LogP contribution in [-0.2, 0) is 0 Å². The van der Waals surface area contributed by atoms with Gasteiger partial charge < -0.3 is 15.5 Å². The maximum Gasteiger partial charge on any atom is 0.125 e. The van der Waals surface area contributed by atoms with Crippen LogP contribution in [0.3, 0.4) is 0 Å². The lowest BCUT2D eigenvalue weighted by atomic mass is 9.84. The molecule has 0 aliphatic carbocycles. The number of anilines is 1. The van der Waals surface area contributed by atoms with E-state index in [0.717, 1.165) is 25.2 Å². The van der Waals surface area contributed by atoms with E-state index in [1.165, 1.54) is 31.5 Å². The summed E-state index contributed by atoms with van der Waals surface area (Å²) in [6, 6.07) is 5.26. The van der Waals surface area contributed by atoms with Crippen LogP contribution in [0.4, 0.5) is 10.1 Å². The van der Waals surface area contributed by atoms with E-state index in [1.54, 1.807) is 6.07 Å². The summed E-state index contributed by atoms with van der Waals surface area (Å²) in [5.41, 5.74) is 7.04. The number of halogens is 1. The Hall–Kier alpha value is -1.62. The van der Waals surface area contributed by atoms with Gasteiger partial charge >= 0.3 is 0 Å². The highest BCUT2D eigenvalue weighted by Crippen LogP contribution is 2.33. The van der Waals surface area contributed by atoms with E-state index in [0.29, 0.717) is 17.5 Å². The first-order chi connectivity index (χ1) is 10.1. The van der Waals surface area contributed by atoms with Crippen LogP contribution >= 0.6 is 0 Å². The van der Waals surface area contributed by atoms with E-state index in [-0.39, 0.29) is 11.7 Å². The van der Waals surface area contributed by atoms with Gasteiger partial charge in [-0.05, 0) is 57.0 Å². The smallest absolute Gasteiger partial charge is 0.125 e. The predicted octanol–water partition coefficient (Wildman–Crippen LogP) is 2.03. The second kappa shape index (κ2) is 5.64. The predicted molar refractivity (Wildman–Crippen MR) is 83.4 cm³/mol. The molecule has 2 aliphatic heterocycles. The molecule has 2 unspecified atom stereocenters. The number of hydrogen-bond donors (Lipinski definition) is 2. The van der Waals surface area contributed by atoms with Gasteiger partial charge in [0, 0.05) is 30.4 Å². The van der Waals surface area contributed by atoms with E-state index in [1.807, 2.05) is 0 Å². The van der Waals surface area contributed by atoms with E-state index >= 15 is 0 Å². The largest absolute Gasteiger partial charge is 0.384 e. The van der Waals surface area contributed by atoms with Gasteiger partial charge in [-0.1, -0.05) is 0 Å². The first-order valence-electron chi connectivity index (χ1n) is 7.65.